The molecule has 1 aromatic carbocycles. The number of benzene rings is 1. The van der Waals surface area contributed by atoms with Gasteiger partial charge in [-0.2, -0.15) is 9.57 Å². The highest BCUT2D eigenvalue weighted by atomic mass is 32.2. The Bertz CT molecular complexity index is 1100. The van der Waals surface area contributed by atoms with E-state index in [0.717, 1.165) is 5.69 Å². The first kappa shape index (κ1) is 17.6. The second kappa shape index (κ2) is 6.15. The lowest BCUT2D eigenvalue weighted by atomic mass is 10.1. The molecule has 8 heteroatoms. The van der Waals surface area contributed by atoms with Crippen LogP contribution in [-0.4, -0.2) is 48.1 Å². The minimum atomic E-state index is -3.73. The number of carbonyl (C=O) groups is 1. The normalized spacial score (nSPS) is 19.5. The molecule has 1 amide bonds. The molecular formula is C19H18N4O3S. The molecule has 1 atom stereocenters. The summed E-state index contributed by atoms with van der Waals surface area (Å²) in [5.74, 6) is -0.0888. The topological polar surface area (TPSA) is 94.4 Å². The summed E-state index contributed by atoms with van der Waals surface area (Å²) in [5.41, 5.74) is 2.96. The molecule has 138 valence electrons. The minimum absolute atomic E-state index is 0.0888. The fraction of sp³-hybridized carbons (Fsp3) is 0.316. The van der Waals surface area contributed by atoms with Crippen LogP contribution in [-0.2, 0) is 10.0 Å². The molecule has 3 heterocycles. The van der Waals surface area contributed by atoms with Crippen LogP contribution >= 0.6 is 0 Å². The van der Waals surface area contributed by atoms with Crippen LogP contribution in [0.4, 0.5) is 0 Å². The third-order valence-electron chi connectivity index (χ3n) is 5.14. The van der Waals surface area contributed by atoms with Crippen molar-refractivity contribution in [3.8, 4) is 6.07 Å². The molecule has 4 rings (SSSR count). The maximum atomic E-state index is 13.2. The lowest BCUT2D eigenvalue weighted by Gasteiger charge is -2.36. The fourth-order valence-corrected chi connectivity index (χ4v) is 5.41. The second-order valence-electron chi connectivity index (χ2n) is 6.85. The summed E-state index contributed by atoms with van der Waals surface area (Å²) >= 11 is 0. The van der Waals surface area contributed by atoms with Crippen molar-refractivity contribution in [1.29, 1.82) is 5.26 Å². The quantitative estimate of drug-likeness (QED) is 0.789. The van der Waals surface area contributed by atoms with E-state index in [0.29, 0.717) is 28.9 Å². The number of hydrogen-bond donors (Lipinski definition) is 0. The Hall–Kier alpha value is -2.76. The highest BCUT2D eigenvalue weighted by molar-refractivity contribution is 7.89. The van der Waals surface area contributed by atoms with Crippen LogP contribution in [0.1, 0.15) is 38.9 Å². The van der Waals surface area contributed by atoms with Crippen molar-refractivity contribution >= 4 is 15.9 Å². The predicted molar refractivity (Wildman–Crippen MR) is 97.4 cm³/mol. The van der Waals surface area contributed by atoms with Crippen molar-refractivity contribution < 1.29 is 13.2 Å². The zero-order valence-corrected chi connectivity index (χ0v) is 15.8. The van der Waals surface area contributed by atoms with Crippen LogP contribution in [0.2, 0.25) is 0 Å². The molecule has 0 saturated carbocycles. The van der Waals surface area contributed by atoms with Gasteiger partial charge in [-0.15, -0.1) is 0 Å². The highest BCUT2D eigenvalue weighted by Gasteiger charge is 2.44. The van der Waals surface area contributed by atoms with Crippen molar-refractivity contribution in [2.45, 2.75) is 24.8 Å². The van der Waals surface area contributed by atoms with Gasteiger partial charge in [-0.3, -0.25) is 9.78 Å². The number of nitrogens with zero attached hydrogens (tertiary/aromatic N) is 4. The minimum Gasteiger partial charge on any atom is -0.327 e. The predicted octanol–water partition coefficient (Wildman–Crippen LogP) is 1.77. The number of pyridine rings is 1. The summed E-state index contributed by atoms with van der Waals surface area (Å²) in [5, 5.41) is 8.99. The largest absolute Gasteiger partial charge is 0.327 e. The Balaban J connectivity index is 1.69. The standard InChI is InChI=1S/C19H18N4O3S/c1-12-9-14(10-20)4-6-17(12)27(25,26)22-7-8-23-16(11-22)18-15(19(23)24)5-3-13(2)21-18/h3-6,9,16H,7-8,11H2,1-2H3. The first-order valence-corrected chi connectivity index (χ1v) is 10.1. The molecule has 0 bridgehead atoms. The van der Waals surface area contributed by atoms with Crippen molar-refractivity contribution in [2.24, 2.45) is 0 Å². The van der Waals surface area contributed by atoms with Gasteiger partial charge in [0.1, 0.15) is 0 Å². The van der Waals surface area contributed by atoms with E-state index in [1.165, 1.54) is 16.4 Å². The Morgan fingerprint density at radius 3 is 2.67 bits per heavy atom. The summed E-state index contributed by atoms with van der Waals surface area (Å²) < 4.78 is 27.8. The fourth-order valence-electron chi connectivity index (χ4n) is 3.77. The average Bonchev–Trinajstić information content (AvgIpc) is 2.92. The molecule has 1 fully saturated rings. The number of sulfonamides is 1. The van der Waals surface area contributed by atoms with E-state index in [1.54, 1.807) is 30.0 Å². The number of rotatable bonds is 2. The van der Waals surface area contributed by atoms with Crippen LogP contribution in [0.5, 0.6) is 0 Å². The van der Waals surface area contributed by atoms with Crippen LogP contribution in [0.25, 0.3) is 0 Å². The van der Waals surface area contributed by atoms with Crippen molar-refractivity contribution in [3.63, 3.8) is 0 Å². The smallest absolute Gasteiger partial charge is 0.256 e. The zero-order chi connectivity index (χ0) is 19.3. The summed E-state index contributed by atoms with van der Waals surface area (Å²) in [6, 6.07) is 9.77. The molecule has 27 heavy (non-hydrogen) atoms. The van der Waals surface area contributed by atoms with Gasteiger partial charge in [0.2, 0.25) is 10.0 Å². The Kier molecular flexibility index (Phi) is 4.02. The Morgan fingerprint density at radius 2 is 1.96 bits per heavy atom. The van der Waals surface area contributed by atoms with Crippen LogP contribution in [0.15, 0.2) is 35.2 Å². The molecule has 0 spiro atoms. The third kappa shape index (κ3) is 2.71. The van der Waals surface area contributed by atoms with Gasteiger partial charge in [0, 0.05) is 25.3 Å². The number of fused-ring (bicyclic) bond motifs is 3. The molecule has 0 aliphatic carbocycles. The molecular weight excluding hydrogens is 364 g/mol. The lowest BCUT2D eigenvalue weighted by Crippen LogP contribution is -2.49. The van der Waals surface area contributed by atoms with Gasteiger partial charge in [-0.1, -0.05) is 0 Å². The molecule has 0 radical (unpaired) electrons. The van der Waals surface area contributed by atoms with Crippen molar-refractivity contribution in [3.05, 3.63) is 58.4 Å². The van der Waals surface area contributed by atoms with E-state index in [4.69, 9.17) is 5.26 Å². The van der Waals surface area contributed by atoms with E-state index in [1.807, 2.05) is 13.0 Å². The highest BCUT2D eigenvalue weighted by Crippen LogP contribution is 2.36. The van der Waals surface area contributed by atoms with Gasteiger partial charge in [0.15, 0.2) is 0 Å². The Labute approximate surface area is 157 Å². The van der Waals surface area contributed by atoms with Crippen LogP contribution < -0.4 is 0 Å². The maximum absolute atomic E-state index is 13.2. The maximum Gasteiger partial charge on any atom is 0.256 e. The molecule has 1 aromatic heterocycles. The Morgan fingerprint density at radius 1 is 1.19 bits per heavy atom. The average molecular weight is 382 g/mol. The SMILES string of the molecule is Cc1ccc2c(n1)C1CN(S(=O)(=O)c3ccc(C#N)cc3C)CCN1C2=O. The van der Waals surface area contributed by atoms with Gasteiger partial charge in [0.05, 0.1) is 33.8 Å². The molecule has 2 aliphatic heterocycles. The van der Waals surface area contributed by atoms with E-state index >= 15 is 0 Å². The summed E-state index contributed by atoms with van der Waals surface area (Å²) in [7, 11) is -3.73. The van der Waals surface area contributed by atoms with Gasteiger partial charge in [-0.25, -0.2) is 8.42 Å². The molecule has 1 saturated heterocycles. The van der Waals surface area contributed by atoms with E-state index < -0.39 is 10.0 Å². The molecule has 2 aliphatic rings. The van der Waals surface area contributed by atoms with Gasteiger partial charge in [0.25, 0.3) is 5.91 Å². The van der Waals surface area contributed by atoms with Gasteiger partial charge < -0.3 is 4.90 Å². The number of hydrogen-bond acceptors (Lipinski definition) is 5. The number of carbonyl (C=O) groups excluding carboxylic acids is 1. The second-order valence-corrected chi connectivity index (χ2v) is 8.76. The first-order valence-electron chi connectivity index (χ1n) is 8.62. The molecule has 7 nitrogen and oxygen atoms in total. The number of aromatic nitrogens is 1. The molecule has 1 unspecified atom stereocenters. The summed E-state index contributed by atoms with van der Waals surface area (Å²) in [4.78, 5) is 19.0. The van der Waals surface area contributed by atoms with E-state index in [2.05, 4.69) is 4.98 Å². The monoisotopic (exact) mass is 382 g/mol. The number of amides is 1. The zero-order valence-electron chi connectivity index (χ0n) is 15.0. The van der Waals surface area contributed by atoms with E-state index in [-0.39, 0.29) is 29.9 Å². The number of aryl methyl sites for hydroxylation is 2. The van der Waals surface area contributed by atoms with Crippen molar-refractivity contribution in [1.82, 2.24) is 14.2 Å². The van der Waals surface area contributed by atoms with Gasteiger partial charge >= 0.3 is 0 Å². The van der Waals surface area contributed by atoms with Crippen LogP contribution in [0, 0.1) is 25.2 Å². The van der Waals surface area contributed by atoms with Gasteiger partial charge in [-0.05, 0) is 49.7 Å². The first-order chi connectivity index (χ1) is 12.8. The molecule has 0 N–H and O–H groups in total. The lowest BCUT2D eigenvalue weighted by molar-refractivity contribution is 0.0625. The number of nitriles is 1. The van der Waals surface area contributed by atoms with E-state index in [9.17, 15) is 13.2 Å². The van der Waals surface area contributed by atoms with Crippen molar-refractivity contribution in [2.75, 3.05) is 19.6 Å². The summed E-state index contributed by atoms with van der Waals surface area (Å²) in [6.45, 7) is 4.27. The number of piperazine rings is 1. The summed E-state index contributed by atoms with van der Waals surface area (Å²) in [6.07, 6.45) is 0. The molecule has 2 aromatic rings. The third-order valence-corrected chi connectivity index (χ3v) is 7.16. The van der Waals surface area contributed by atoms with Crippen LogP contribution in [0.3, 0.4) is 0 Å².